The fraction of sp³-hybridized carbons (Fsp3) is 0.375. The molecule has 0 N–H and O–H groups in total. The van der Waals surface area contributed by atoms with Crippen LogP contribution >= 0.6 is 0 Å². The second-order valence-corrected chi connectivity index (χ2v) is 6.01. The van der Waals surface area contributed by atoms with Gasteiger partial charge < -0.3 is 9.42 Å². The Morgan fingerprint density at radius 2 is 2.08 bits per heavy atom. The van der Waals surface area contributed by atoms with Gasteiger partial charge in [-0.2, -0.15) is 18.9 Å². The maximum Gasteiger partial charge on any atom is 0.333 e. The summed E-state index contributed by atoms with van der Waals surface area (Å²) >= 11 is 0. The van der Waals surface area contributed by atoms with Gasteiger partial charge in [-0.05, 0) is 18.9 Å². The van der Waals surface area contributed by atoms with Gasteiger partial charge in [0.25, 0.3) is 0 Å². The third-order valence-electron chi connectivity index (χ3n) is 4.51. The number of alkyl halides is 2. The van der Waals surface area contributed by atoms with Crippen molar-refractivity contribution in [3.63, 3.8) is 0 Å². The minimum atomic E-state index is -2.71. The third kappa shape index (κ3) is 2.86. The zero-order chi connectivity index (χ0) is 17.4. The minimum Gasteiger partial charge on any atom is -0.345 e. The summed E-state index contributed by atoms with van der Waals surface area (Å²) in [6.45, 7) is -1.40. The molecule has 2 aromatic heterocycles. The van der Waals surface area contributed by atoms with Crippen molar-refractivity contribution in [2.24, 2.45) is 0 Å². The van der Waals surface area contributed by atoms with Gasteiger partial charge in [-0.25, -0.2) is 4.68 Å². The molecular formula is C16H15F2N5O2. The summed E-state index contributed by atoms with van der Waals surface area (Å²) in [6.07, 6.45) is 3.76. The summed E-state index contributed by atoms with van der Waals surface area (Å²) in [5.74, 6) is 0.979. The molecule has 0 bridgehead atoms. The lowest BCUT2D eigenvalue weighted by molar-refractivity contribution is -0.119. The maximum absolute atomic E-state index is 13.0. The van der Waals surface area contributed by atoms with E-state index in [1.807, 2.05) is 0 Å². The van der Waals surface area contributed by atoms with Crippen molar-refractivity contribution in [2.75, 3.05) is 13.1 Å². The zero-order valence-corrected chi connectivity index (χ0v) is 13.2. The fourth-order valence-corrected chi connectivity index (χ4v) is 3.10. The molecule has 1 fully saturated rings. The first kappa shape index (κ1) is 15.7. The summed E-state index contributed by atoms with van der Waals surface area (Å²) in [4.78, 5) is 16.9. The van der Waals surface area contributed by atoms with Gasteiger partial charge in [-0.3, -0.25) is 4.79 Å². The number of carbonyl (C=O) groups is 1. The number of amides is 1. The van der Waals surface area contributed by atoms with Gasteiger partial charge in [0.15, 0.2) is 0 Å². The molecule has 0 saturated carbocycles. The number of benzene rings is 1. The second-order valence-electron chi connectivity index (χ2n) is 6.01. The van der Waals surface area contributed by atoms with E-state index in [0.717, 1.165) is 19.3 Å². The van der Waals surface area contributed by atoms with Gasteiger partial charge in [0.05, 0.1) is 11.7 Å². The maximum atomic E-state index is 13.0. The highest BCUT2D eigenvalue weighted by Crippen LogP contribution is 2.29. The van der Waals surface area contributed by atoms with Crippen LogP contribution in [0.4, 0.5) is 8.78 Å². The second kappa shape index (κ2) is 6.23. The lowest BCUT2D eigenvalue weighted by Crippen LogP contribution is -2.31. The number of carbonyl (C=O) groups excluding carboxylic acids is 1. The molecule has 1 saturated heterocycles. The predicted molar refractivity (Wildman–Crippen MR) is 83.9 cm³/mol. The molecule has 0 atom stereocenters. The molecule has 1 aliphatic heterocycles. The molecule has 25 heavy (non-hydrogen) atoms. The smallest absolute Gasteiger partial charge is 0.333 e. The number of halogens is 2. The summed E-state index contributed by atoms with van der Waals surface area (Å²) in [7, 11) is 0. The summed E-state index contributed by atoms with van der Waals surface area (Å²) in [5.41, 5.74) is 0.911. The average Bonchev–Trinajstić information content (AvgIpc) is 3.28. The Balaban J connectivity index is 1.60. The molecule has 0 spiro atoms. The Bertz CT molecular complexity index is 899. The molecule has 1 aromatic carbocycles. The van der Waals surface area contributed by atoms with Crippen molar-refractivity contribution < 1.29 is 18.1 Å². The topological polar surface area (TPSA) is 77.1 Å². The van der Waals surface area contributed by atoms with Gasteiger partial charge >= 0.3 is 6.55 Å². The highest BCUT2D eigenvalue weighted by molar-refractivity contribution is 5.83. The number of piperidine rings is 1. The molecule has 130 valence electrons. The van der Waals surface area contributed by atoms with E-state index in [-0.39, 0.29) is 5.92 Å². The molecule has 0 aliphatic carbocycles. The van der Waals surface area contributed by atoms with Crippen molar-refractivity contribution >= 4 is 17.3 Å². The van der Waals surface area contributed by atoms with Crippen molar-refractivity contribution in [3.8, 4) is 11.4 Å². The number of aromatic nitrogens is 4. The van der Waals surface area contributed by atoms with Crippen molar-refractivity contribution in [3.05, 3.63) is 30.3 Å². The quantitative estimate of drug-likeness (QED) is 0.678. The molecule has 3 heterocycles. The van der Waals surface area contributed by atoms with E-state index in [1.54, 1.807) is 23.1 Å². The average molecular weight is 347 g/mol. The summed E-state index contributed by atoms with van der Waals surface area (Å²) in [6, 6.07) is 5.04. The number of nitrogens with zero attached hydrogens (tertiary/aromatic N) is 5. The third-order valence-corrected chi connectivity index (χ3v) is 4.51. The van der Waals surface area contributed by atoms with Crippen LogP contribution in [0.5, 0.6) is 0 Å². The van der Waals surface area contributed by atoms with E-state index in [1.165, 1.54) is 6.20 Å². The highest BCUT2D eigenvalue weighted by atomic mass is 19.3. The van der Waals surface area contributed by atoms with Crippen LogP contribution < -0.4 is 0 Å². The first-order valence-electron chi connectivity index (χ1n) is 7.94. The molecule has 4 rings (SSSR count). The van der Waals surface area contributed by atoms with Gasteiger partial charge in [0.2, 0.25) is 18.1 Å². The Morgan fingerprint density at radius 1 is 1.28 bits per heavy atom. The number of rotatable bonds is 4. The van der Waals surface area contributed by atoms with Crippen LogP contribution in [0.1, 0.15) is 31.2 Å². The Kier molecular flexibility index (Phi) is 3.90. The van der Waals surface area contributed by atoms with E-state index in [9.17, 15) is 13.6 Å². The molecular weight excluding hydrogens is 332 g/mol. The van der Waals surface area contributed by atoms with Gasteiger partial charge in [0, 0.05) is 30.0 Å². The van der Waals surface area contributed by atoms with E-state index >= 15 is 0 Å². The van der Waals surface area contributed by atoms with Crippen LogP contribution in [0, 0.1) is 0 Å². The Hall–Kier alpha value is -2.84. The molecule has 3 aromatic rings. The molecule has 7 nitrogen and oxygen atoms in total. The van der Waals surface area contributed by atoms with E-state index < -0.39 is 6.55 Å². The highest BCUT2D eigenvalue weighted by Gasteiger charge is 2.25. The molecule has 1 aliphatic rings. The number of fused-ring (bicyclic) bond motifs is 1. The number of hydrogen-bond acceptors (Lipinski definition) is 5. The normalized spacial score (nSPS) is 16.0. The first-order valence-corrected chi connectivity index (χ1v) is 7.94. The van der Waals surface area contributed by atoms with Gasteiger partial charge in [0.1, 0.15) is 0 Å². The predicted octanol–water partition coefficient (Wildman–Crippen LogP) is 2.82. The zero-order valence-electron chi connectivity index (χ0n) is 13.2. The van der Waals surface area contributed by atoms with Crippen molar-refractivity contribution in [2.45, 2.75) is 25.3 Å². The van der Waals surface area contributed by atoms with Crippen LogP contribution in [0.3, 0.4) is 0 Å². The first-order chi connectivity index (χ1) is 12.2. The lowest BCUT2D eigenvalue weighted by Gasteiger charge is -2.26. The van der Waals surface area contributed by atoms with Crippen LogP contribution in [-0.2, 0) is 4.79 Å². The minimum absolute atomic E-state index is 0.104. The van der Waals surface area contributed by atoms with Gasteiger partial charge in [-0.1, -0.05) is 17.3 Å². The Labute approximate surface area is 141 Å². The monoisotopic (exact) mass is 347 g/mol. The largest absolute Gasteiger partial charge is 0.345 e. The number of likely N-dealkylation sites (tertiary alicyclic amines) is 1. The van der Waals surface area contributed by atoms with Crippen LogP contribution in [-0.4, -0.2) is 44.3 Å². The van der Waals surface area contributed by atoms with Gasteiger partial charge in [-0.15, -0.1) is 0 Å². The lowest BCUT2D eigenvalue weighted by atomic mass is 9.97. The standard InChI is InChI=1S/C16H15F2N5O2/c17-16(18)23-13-7-11(1-2-12(13)8-19-23)14-20-15(25-21-14)10-3-5-22(9-24)6-4-10/h1-2,7-10,16H,3-6H2. The summed E-state index contributed by atoms with van der Waals surface area (Å²) < 4.78 is 32.0. The molecule has 9 heteroatoms. The molecule has 0 radical (unpaired) electrons. The molecule has 0 unspecified atom stereocenters. The van der Waals surface area contributed by atoms with Crippen LogP contribution in [0.15, 0.2) is 28.9 Å². The van der Waals surface area contributed by atoms with Crippen LogP contribution in [0.2, 0.25) is 0 Å². The van der Waals surface area contributed by atoms with E-state index in [2.05, 4.69) is 15.2 Å². The van der Waals surface area contributed by atoms with Crippen molar-refractivity contribution in [1.82, 2.24) is 24.8 Å². The van der Waals surface area contributed by atoms with E-state index in [4.69, 9.17) is 4.52 Å². The Morgan fingerprint density at radius 3 is 2.80 bits per heavy atom. The van der Waals surface area contributed by atoms with Crippen LogP contribution in [0.25, 0.3) is 22.3 Å². The van der Waals surface area contributed by atoms with E-state index in [0.29, 0.717) is 46.0 Å². The van der Waals surface area contributed by atoms with Crippen molar-refractivity contribution in [1.29, 1.82) is 0 Å². The summed E-state index contributed by atoms with van der Waals surface area (Å²) in [5, 5.41) is 8.29. The fourth-order valence-electron chi connectivity index (χ4n) is 3.10. The molecule has 1 amide bonds. The number of hydrogen-bond donors (Lipinski definition) is 0. The SMILES string of the molecule is O=CN1CCC(c2nc(-c3ccc4cnn(C(F)F)c4c3)no2)CC1.